The lowest BCUT2D eigenvalue weighted by atomic mass is 10.2. The summed E-state index contributed by atoms with van der Waals surface area (Å²) in [5.41, 5.74) is 1.26. The van der Waals surface area contributed by atoms with Crippen LogP contribution in [-0.2, 0) is 11.3 Å². The lowest BCUT2D eigenvalue weighted by Gasteiger charge is -2.12. The van der Waals surface area contributed by atoms with Crippen LogP contribution in [0, 0.1) is 0 Å². The minimum absolute atomic E-state index is 0.146. The minimum Gasteiger partial charge on any atom is -0.497 e. The second-order valence-corrected chi connectivity index (χ2v) is 7.86. The maximum Gasteiger partial charge on any atom is 0.234 e. The Morgan fingerprint density at radius 1 is 1.13 bits per heavy atom. The molecule has 158 valence electrons. The molecule has 0 atom stereocenters. The van der Waals surface area contributed by atoms with Crippen molar-refractivity contribution >= 4 is 46.6 Å². The van der Waals surface area contributed by atoms with Crippen molar-refractivity contribution in [3.8, 4) is 22.9 Å². The molecule has 3 aromatic rings. The van der Waals surface area contributed by atoms with Gasteiger partial charge in [-0.1, -0.05) is 35.0 Å². The van der Waals surface area contributed by atoms with Crippen LogP contribution in [0.25, 0.3) is 11.4 Å². The van der Waals surface area contributed by atoms with Crippen LogP contribution in [0.5, 0.6) is 11.5 Å². The third kappa shape index (κ3) is 5.00. The molecule has 7 nitrogen and oxygen atoms in total. The van der Waals surface area contributed by atoms with E-state index in [9.17, 15) is 4.79 Å². The van der Waals surface area contributed by atoms with Crippen molar-refractivity contribution in [2.45, 2.75) is 18.6 Å². The van der Waals surface area contributed by atoms with Crippen molar-refractivity contribution in [3.05, 3.63) is 46.4 Å². The van der Waals surface area contributed by atoms with E-state index >= 15 is 0 Å². The molecule has 0 aliphatic carbocycles. The Morgan fingerprint density at radius 3 is 2.60 bits per heavy atom. The van der Waals surface area contributed by atoms with Crippen molar-refractivity contribution in [3.63, 3.8) is 0 Å². The number of anilines is 1. The highest BCUT2D eigenvalue weighted by Crippen LogP contribution is 2.32. The van der Waals surface area contributed by atoms with E-state index in [-0.39, 0.29) is 11.7 Å². The average molecular weight is 467 g/mol. The number of hydrogen-bond acceptors (Lipinski definition) is 6. The van der Waals surface area contributed by atoms with Crippen LogP contribution >= 0.6 is 35.0 Å². The first-order valence-corrected chi connectivity index (χ1v) is 10.7. The molecule has 0 saturated carbocycles. The molecule has 0 unspecified atom stereocenters. The van der Waals surface area contributed by atoms with Crippen LogP contribution in [-0.4, -0.2) is 40.6 Å². The summed E-state index contributed by atoms with van der Waals surface area (Å²) in [6, 6.07) is 10.4. The fraction of sp³-hybridized carbons (Fsp3) is 0.250. The Bertz CT molecular complexity index is 1060. The van der Waals surface area contributed by atoms with Crippen LogP contribution in [0.3, 0.4) is 0 Å². The summed E-state index contributed by atoms with van der Waals surface area (Å²) in [4.78, 5) is 12.5. The Kier molecular flexibility index (Phi) is 7.47. The first-order valence-electron chi connectivity index (χ1n) is 9.00. The van der Waals surface area contributed by atoms with Gasteiger partial charge in [0.05, 0.1) is 30.7 Å². The molecule has 0 saturated heterocycles. The first-order chi connectivity index (χ1) is 14.5. The number of benzene rings is 2. The second kappa shape index (κ2) is 10.1. The van der Waals surface area contributed by atoms with Gasteiger partial charge < -0.3 is 19.4 Å². The smallest absolute Gasteiger partial charge is 0.234 e. The van der Waals surface area contributed by atoms with Crippen molar-refractivity contribution in [1.29, 1.82) is 0 Å². The number of amides is 1. The molecule has 0 bridgehead atoms. The highest BCUT2D eigenvalue weighted by molar-refractivity contribution is 7.99. The molecule has 0 radical (unpaired) electrons. The van der Waals surface area contributed by atoms with Gasteiger partial charge in [-0.15, -0.1) is 10.2 Å². The molecule has 0 fully saturated rings. The Balaban J connectivity index is 1.73. The zero-order valence-electron chi connectivity index (χ0n) is 16.6. The van der Waals surface area contributed by atoms with E-state index < -0.39 is 0 Å². The lowest BCUT2D eigenvalue weighted by Crippen LogP contribution is -2.15. The maximum atomic E-state index is 12.5. The van der Waals surface area contributed by atoms with Gasteiger partial charge in [0.15, 0.2) is 11.0 Å². The molecule has 1 N–H and O–H groups in total. The molecule has 0 aliphatic rings. The molecule has 1 amide bonds. The summed E-state index contributed by atoms with van der Waals surface area (Å²) >= 11 is 13.6. The number of aromatic nitrogens is 3. The largest absolute Gasteiger partial charge is 0.497 e. The molecule has 1 aromatic heterocycles. The molecule has 0 aliphatic heterocycles. The molecule has 30 heavy (non-hydrogen) atoms. The van der Waals surface area contributed by atoms with Gasteiger partial charge in [-0.3, -0.25) is 4.79 Å². The topological polar surface area (TPSA) is 78.3 Å². The van der Waals surface area contributed by atoms with Crippen LogP contribution in [0.2, 0.25) is 10.0 Å². The summed E-state index contributed by atoms with van der Waals surface area (Å²) in [5.74, 6) is 1.73. The van der Waals surface area contributed by atoms with Gasteiger partial charge >= 0.3 is 0 Å². The standard InChI is InChI=1S/C20H20Cl2N4O3S/c1-4-26-19(14-7-5-12(21)9-15(14)22)24-25-20(26)30-11-18(27)23-16-10-13(28-2)6-8-17(16)29-3/h5-10H,4,11H2,1-3H3,(H,23,27). The fourth-order valence-electron chi connectivity index (χ4n) is 2.78. The van der Waals surface area contributed by atoms with Gasteiger partial charge in [-0.2, -0.15) is 0 Å². The second-order valence-electron chi connectivity index (χ2n) is 6.08. The van der Waals surface area contributed by atoms with Gasteiger partial charge in [-0.05, 0) is 37.3 Å². The van der Waals surface area contributed by atoms with E-state index in [0.29, 0.717) is 44.8 Å². The van der Waals surface area contributed by atoms with Crippen molar-refractivity contribution in [2.24, 2.45) is 0 Å². The van der Waals surface area contributed by atoms with Crippen LogP contribution < -0.4 is 14.8 Å². The summed E-state index contributed by atoms with van der Waals surface area (Å²) in [7, 11) is 3.10. The summed E-state index contributed by atoms with van der Waals surface area (Å²) in [5, 5.41) is 13.0. The Morgan fingerprint density at radius 2 is 1.93 bits per heavy atom. The van der Waals surface area contributed by atoms with Crippen molar-refractivity contribution in [1.82, 2.24) is 14.8 Å². The van der Waals surface area contributed by atoms with E-state index in [4.69, 9.17) is 32.7 Å². The maximum absolute atomic E-state index is 12.5. The third-order valence-corrected chi connectivity index (χ3v) is 5.73. The van der Waals surface area contributed by atoms with Crippen LogP contribution in [0.4, 0.5) is 5.69 Å². The number of rotatable bonds is 8. The number of methoxy groups -OCH3 is 2. The number of carbonyl (C=O) groups is 1. The molecule has 1 heterocycles. The minimum atomic E-state index is -0.205. The number of nitrogens with zero attached hydrogens (tertiary/aromatic N) is 3. The Hall–Kier alpha value is -2.42. The number of thioether (sulfide) groups is 1. The van der Waals surface area contributed by atoms with Crippen LogP contribution in [0.1, 0.15) is 6.92 Å². The molecule has 0 spiro atoms. The van der Waals surface area contributed by atoms with Gasteiger partial charge in [0.25, 0.3) is 0 Å². The Labute approximate surface area is 188 Å². The predicted octanol–water partition coefficient (Wildman–Crippen LogP) is 5.02. The highest BCUT2D eigenvalue weighted by atomic mass is 35.5. The molecular formula is C20H20Cl2N4O3S. The predicted molar refractivity (Wildman–Crippen MR) is 120 cm³/mol. The van der Waals surface area contributed by atoms with Crippen molar-refractivity contribution in [2.75, 3.05) is 25.3 Å². The molecule has 2 aromatic carbocycles. The summed E-state index contributed by atoms with van der Waals surface area (Å²) in [6.45, 7) is 2.59. The number of halogens is 2. The lowest BCUT2D eigenvalue weighted by molar-refractivity contribution is -0.113. The third-order valence-electron chi connectivity index (χ3n) is 4.22. The highest BCUT2D eigenvalue weighted by Gasteiger charge is 2.17. The van der Waals surface area contributed by atoms with E-state index in [0.717, 1.165) is 5.56 Å². The SMILES string of the molecule is CCn1c(SCC(=O)Nc2cc(OC)ccc2OC)nnc1-c1ccc(Cl)cc1Cl. The van der Waals surface area contributed by atoms with Gasteiger partial charge in [0.2, 0.25) is 5.91 Å². The van der Waals surface area contributed by atoms with Crippen LogP contribution in [0.15, 0.2) is 41.6 Å². The average Bonchev–Trinajstić information content (AvgIpc) is 3.14. The summed E-state index contributed by atoms with van der Waals surface area (Å²) in [6.07, 6.45) is 0. The molecule has 10 heteroatoms. The van der Waals surface area contributed by atoms with Gasteiger partial charge in [0, 0.05) is 23.2 Å². The number of ether oxygens (including phenoxy) is 2. The van der Waals surface area contributed by atoms with Gasteiger partial charge in [0.1, 0.15) is 11.5 Å². The normalized spacial score (nSPS) is 10.7. The van der Waals surface area contributed by atoms with E-state index in [2.05, 4.69) is 15.5 Å². The van der Waals surface area contributed by atoms with E-state index in [1.807, 2.05) is 11.5 Å². The first kappa shape index (κ1) is 22.3. The zero-order valence-corrected chi connectivity index (χ0v) is 18.9. The summed E-state index contributed by atoms with van der Waals surface area (Å²) < 4.78 is 12.4. The van der Waals surface area contributed by atoms with E-state index in [1.54, 1.807) is 50.6 Å². The molecular weight excluding hydrogens is 447 g/mol. The fourth-order valence-corrected chi connectivity index (χ4v) is 4.07. The quantitative estimate of drug-likeness (QED) is 0.469. The van der Waals surface area contributed by atoms with E-state index in [1.165, 1.54) is 11.8 Å². The monoisotopic (exact) mass is 466 g/mol. The van der Waals surface area contributed by atoms with Gasteiger partial charge in [-0.25, -0.2) is 0 Å². The number of nitrogens with one attached hydrogen (secondary N) is 1. The van der Waals surface area contributed by atoms with Crippen molar-refractivity contribution < 1.29 is 14.3 Å². The number of hydrogen-bond donors (Lipinski definition) is 1. The number of carbonyl (C=O) groups excluding carboxylic acids is 1. The molecule has 3 rings (SSSR count). The zero-order chi connectivity index (χ0) is 21.7.